The van der Waals surface area contributed by atoms with E-state index >= 15 is 0 Å². The first-order valence-corrected chi connectivity index (χ1v) is 12.8. The number of alkyl carbamates (subject to hydrolysis) is 1. The Balaban J connectivity index is 1.71. The molecular weight excluding hydrogens is 462 g/mol. The van der Waals surface area contributed by atoms with Crippen molar-refractivity contribution >= 4 is 23.9 Å². The molecule has 0 radical (unpaired) electrons. The van der Waals surface area contributed by atoms with E-state index in [1.165, 1.54) is 5.56 Å². The molecule has 1 aliphatic rings. The molecule has 2 atom stereocenters. The molecule has 0 saturated carbocycles. The second kappa shape index (κ2) is 14.5. The molecule has 1 aliphatic heterocycles. The van der Waals surface area contributed by atoms with Gasteiger partial charge in [0.2, 0.25) is 11.8 Å². The van der Waals surface area contributed by atoms with E-state index in [4.69, 9.17) is 4.74 Å². The predicted molar refractivity (Wildman–Crippen MR) is 136 cm³/mol. The fraction of sp³-hybridized carbons (Fsp3) is 0.630. The van der Waals surface area contributed by atoms with E-state index in [2.05, 4.69) is 10.6 Å². The van der Waals surface area contributed by atoms with Crippen LogP contribution in [0.5, 0.6) is 0 Å². The van der Waals surface area contributed by atoms with Crippen LogP contribution in [0.3, 0.4) is 0 Å². The molecule has 3 N–H and O–H groups in total. The van der Waals surface area contributed by atoms with Gasteiger partial charge in [-0.05, 0) is 58.4 Å². The molecule has 9 nitrogen and oxygen atoms in total. The number of rotatable bonds is 14. The number of carbonyl (C=O) groups is 4. The Hall–Kier alpha value is -3.10. The van der Waals surface area contributed by atoms with Crippen LogP contribution in [0, 0.1) is 5.92 Å². The number of carboxylic acids is 1. The molecular formula is C27H41N3O6. The first-order valence-electron chi connectivity index (χ1n) is 12.8. The van der Waals surface area contributed by atoms with E-state index in [0.717, 1.165) is 25.7 Å². The van der Waals surface area contributed by atoms with Gasteiger partial charge in [0.15, 0.2) is 0 Å². The van der Waals surface area contributed by atoms with Crippen molar-refractivity contribution in [2.24, 2.45) is 5.92 Å². The highest BCUT2D eigenvalue weighted by Gasteiger charge is 2.40. The number of carboxylic acid groups (broad SMARTS) is 1. The Morgan fingerprint density at radius 1 is 1.06 bits per heavy atom. The Bertz CT molecular complexity index is 868. The number of hydrogen-bond donors (Lipinski definition) is 3. The van der Waals surface area contributed by atoms with Gasteiger partial charge in [-0.25, -0.2) is 4.79 Å². The standard InChI is InChI=1S/C27H41N3O6/c1-27(2,3)36-26(35)28-15-9-5-8-14-23(31)29-19-22-17-21(18-24(32)33)25(34)30(22)16-10-13-20-11-6-4-7-12-20/h4,6-7,11-12,21-22H,5,8-10,13-19H2,1-3H3,(H,28,35)(H,29,31)(H,32,33)/t21-,22-/m0/s1. The maximum absolute atomic E-state index is 12.8. The minimum atomic E-state index is -0.983. The summed E-state index contributed by atoms with van der Waals surface area (Å²) in [6.07, 6.45) is 4.00. The lowest BCUT2D eigenvalue weighted by molar-refractivity contribution is -0.142. The highest BCUT2D eigenvalue weighted by atomic mass is 16.6. The Morgan fingerprint density at radius 3 is 2.44 bits per heavy atom. The molecule has 0 bridgehead atoms. The molecule has 0 aliphatic carbocycles. The minimum Gasteiger partial charge on any atom is -0.481 e. The van der Waals surface area contributed by atoms with Gasteiger partial charge in [0, 0.05) is 32.1 Å². The van der Waals surface area contributed by atoms with E-state index in [9.17, 15) is 24.3 Å². The molecule has 0 spiro atoms. The fourth-order valence-electron chi connectivity index (χ4n) is 4.35. The normalized spacial score (nSPS) is 17.6. The van der Waals surface area contributed by atoms with Crippen molar-refractivity contribution in [1.82, 2.24) is 15.5 Å². The van der Waals surface area contributed by atoms with Crippen molar-refractivity contribution in [3.8, 4) is 0 Å². The number of benzene rings is 1. The highest BCUT2D eigenvalue weighted by Crippen LogP contribution is 2.27. The summed E-state index contributed by atoms with van der Waals surface area (Å²) in [7, 11) is 0. The topological polar surface area (TPSA) is 125 Å². The minimum absolute atomic E-state index is 0.0894. The molecule has 2 rings (SSSR count). The zero-order valence-corrected chi connectivity index (χ0v) is 21.8. The molecule has 1 fully saturated rings. The molecule has 1 aromatic rings. The highest BCUT2D eigenvalue weighted by molar-refractivity contribution is 5.85. The van der Waals surface area contributed by atoms with Crippen molar-refractivity contribution in [3.63, 3.8) is 0 Å². The predicted octanol–water partition coefficient (Wildman–Crippen LogP) is 3.51. The van der Waals surface area contributed by atoms with Gasteiger partial charge in [-0.3, -0.25) is 14.4 Å². The number of aliphatic carboxylic acids is 1. The third-order valence-corrected chi connectivity index (χ3v) is 6.04. The summed E-state index contributed by atoms with van der Waals surface area (Å²) in [4.78, 5) is 49.8. The molecule has 9 heteroatoms. The van der Waals surface area contributed by atoms with E-state index in [0.29, 0.717) is 38.9 Å². The number of hydrogen-bond acceptors (Lipinski definition) is 5. The summed E-state index contributed by atoms with van der Waals surface area (Å²) in [5.74, 6) is -1.75. The number of nitrogens with one attached hydrogen (secondary N) is 2. The molecule has 36 heavy (non-hydrogen) atoms. The number of likely N-dealkylation sites (tertiary alicyclic amines) is 1. The van der Waals surface area contributed by atoms with Gasteiger partial charge < -0.3 is 25.4 Å². The molecule has 0 aromatic heterocycles. The van der Waals surface area contributed by atoms with Crippen LogP contribution in [0.25, 0.3) is 0 Å². The number of amides is 3. The fourth-order valence-corrected chi connectivity index (χ4v) is 4.35. The van der Waals surface area contributed by atoms with Crippen molar-refractivity contribution in [2.75, 3.05) is 19.6 Å². The van der Waals surface area contributed by atoms with E-state index in [-0.39, 0.29) is 24.3 Å². The van der Waals surface area contributed by atoms with Crippen LogP contribution in [-0.4, -0.2) is 65.2 Å². The van der Waals surface area contributed by atoms with Crippen LogP contribution in [0.4, 0.5) is 4.79 Å². The van der Waals surface area contributed by atoms with Gasteiger partial charge in [0.1, 0.15) is 5.60 Å². The monoisotopic (exact) mass is 503 g/mol. The van der Waals surface area contributed by atoms with Crippen molar-refractivity contribution < 1.29 is 29.0 Å². The Kier molecular flexibility index (Phi) is 11.7. The first-order chi connectivity index (χ1) is 17.0. The van der Waals surface area contributed by atoms with E-state index in [1.807, 2.05) is 51.1 Å². The van der Waals surface area contributed by atoms with Crippen LogP contribution >= 0.6 is 0 Å². The third-order valence-electron chi connectivity index (χ3n) is 6.04. The first kappa shape index (κ1) is 29.1. The molecule has 1 aromatic carbocycles. The summed E-state index contributed by atoms with van der Waals surface area (Å²) in [5.41, 5.74) is 0.661. The Morgan fingerprint density at radius 2 is 1.78 bits per heavy atom. The molecule has 1 heterocycles. The smallest absolute Gasteiger partial charge is 0.407 e. The quantitative estimate of drug-likeness (QED) is 0.334. The summed E-state index contributed by atoms with van der Waals surface area (Å²) >= 11 is 0. The average Bonchev–Trinajstić information content (AvgIpc) is 3.08. The van der Waals surface area contributed by atoms with Crippen LogP contribution < -0.4 is 10.6 Å². The van der Waals surface area contributed by atoms with Crippen LogP contribution in [0.15, 0.2) is 30.3 Å². The zero-order valence-electron chi connectivity index (χ0n) is 21.8. The van der Waals surface area contributed by atoms with Crippen molar-refractivity contribution in [1.29, 1.82) is 0 Å². The van der Waals surface area contributed by atoms with Gasteiger partial charge >= 0.3 is 12.1 Å². The number of ether oxygens (including phenoxy) is 1. The lowest BCUT2D eigenvalue weighted by Gasteiger charge is -2.25. The zero-order chi connectivity index (χ0) is 26.6. The summed E-state index contributed by atoms with van der Waals surface area (Å²) in [6.45, 7) is 6.78. The second-order valence-corrected chi connectivity index (χ2v) is 10.3. The van der Waals surface area contributed by atoms with Gasteiger partial charge in [-0.2, -0.15) is 0 Å². The van der Waals surface area contributed by atoms with Gasteiger partial charge in [-0.15, -0.1) is 0 Å². The average molecular weight is 504 g/mol. The maximum Gasteiger partial charge on any atom is 0.407 e. The molecule has 3 amide bonds. The largest absolute Gasteiger partial charge is 0.481 e. The maximum atomic E-state index is 12.8. The van der Waals surface area contributed by atoms with Gasteiger partial charge in [0.05, 0.1) is 12.3 Å². The SMILES string of the molecule is CC(C)(C)OC(=O)NCCCCCC(=O)NC[C@@H]1C[C@@H](CC(=O)O)C(=O)N1CCCc1ccccc1. The summed E-state index contributed by atoms with van der Waals surface area (Å²) < 4.78 is 5.18. The lowest BCUT2D eigenvalue weighted by Crippen LogP contribution is -2.42. The molecule has 200 valence electrons. The number of aryl methyl sites for hydroxylation is 1. The van der Waals surface area contributed by atoms with Crippen LogP contribution in [-0.2, 0) is 25.5 Å². The lowest BCUT2D eigenvalue weighted by atomic mass is 10.0. The third kappa shape index (κ3) is 11.1. The number of unbranched alkanes of at least 4 members (excludes halogenated alkanes) is 2. The number of nitrogens with zero attached hydrogens (tertiary/aromatic N) is 1. The van der Waals surface area contributed by atoms with Crippen LogP contribution in [0.2, 0.25) is 0 Å². The van der Waals surface area contributed by atoms with Crippen molar-refractivity contribution in [3.05, 3.63) is 35.9 Å². The number of carbonyl (C=O) groups excluding carboxylic acids is 3. The van der Waals surface area contributed by atoms with Crippen molar-refractivity contribution in [2.45, 2.75) is 83.8 Å². The van der Waals surface area contributed by atoms with Gasteiger partial charge in [0.25, 0.3) is 0 Å². The second-order valence-electron chi connectivity index (χ2n) is 10.3. The molecule has 1 saturated heterocycles. The van der Waals surface area contributed by atoms with E-state index in [1.54, 1.807) is 4.90 Å². The summed E-state index contributed by atoms with van der Waals surface area (Å²) in [6, 6.07) is 9.82. The summed E-state index contributed by atoms with van der Waals surface area (Å²) in [5, 5.41) is 14.8. The molecule has 0 unspecified atom stereocenters. The van der Waals surface area contributed by atoms with Crippen LogP contribution in [0.1, 0.15) is 71.3 Å². The van der Waals surface area contributed by atoms with Gasteiger partial charge in [-0.1, -0.05) is 36.8 Å². The Labute approximate surface area is 214 Å². The van der Waals surface area contributed by atoms with E-state index < -0.39 is 23.6 Å².